The van der Waals surface area contributed by atoms with E-state index in [1.54, 1.807) is 37.3 Å². The number of thiophene rings is 1. The molecule has 0 saturated carbocycles. The Bertz CT molecular complexity index is 1130. The minimum atomic E-state index is -3.56. The SMILES string of the molecule is Cc1nc2cc(NC(=O)[C@@H]3CCCN(S(=O)(=O)c4ccc(C)s4)C3)ccc2o1. The van der Waals surface area contributed by atoms with Crippen LogP contribution in [0, 0.1) is 19.8 Å². The zero-order valence-corrected chi connectivity index (χ0v) is 17.3. The maximum Gasteiger partial charge on any atom is 0.252 e. The van der Waals surface area contributed by atoms with E-state index >= 15 is 0 Å². The summed E-state index contributed by atoms with van der Waals surface area (Å²) >= 11 is 1.26. The van der Waals surface area contributed by atoms with E-state index < -0.39 is 10.0 Å². The molecule has 4 rings (SSSR count). The fourth-order valence-electron chi connectivity index (χ4n) is 3.42. The lowest BCUT2D eigenvalue weighted by Gasteiger charge is -2.30. The Labute approximate surface area is 167 Å². The predicted molar refractivity (Wildman–Crippen MR) is 108 cm³/mol. The number of rotatable bonds is 4. The van der Waals surface area contributed by atoms with Crippen molar-refractivity contribution in [1.29, 1.82) is 0 Å². The number of amides is 1. The fraction of sp³-hybridized carbons (Fsp3) is 0.368. The van der Waals surface area contributed by atoms with Crippen molar-refractivity contribution in [2.24, 2.45) is 5.92 Å². The molecule has 0 unspecified atom stereocenters. The molecule has 0 radical (unpaired) electrons. The number of hydrogen-bond donors (Lipinski definition) is 1. The number of nitrogens with zero attached hydrogens (tertiary/aromatic N) is 2. The Kier molecular flexibility index (Phi) is 4.98. The Morgan fingerprint density at radius 2 is 2.11 bits per heavy atom. The van der Waals surface area contributed by atoms with Gasteiger partial charge in [0.2, 0.25) is 5.91 Å². The molecule has 3 aromatic rings. The molecule has 1 amide bonds. The molecule has 2 aromatic heterocycles. The topological polar surface area (TPSA) is 92.5 Å². The number of carbonyl (C=O) groups is 1. The molecule has 0 aliphatic carbocycles. The van der Waals surface area contributed by atoms with Crippen molar-refractivity contribution in [3.05, 3.63) is 41.1 Å². The normalized spacial score (nSPS) is 18.4. The van der Waals surface area contributed by atoms with Crippen LogP contribution in [-0.4, -0.2) is 36.7 Å². The molecule has 1 aliphatic heterocycles. The third kappa shape index (κ3) is 3.69. The second-order valence-electron chi connectivity index (χ2n) is 6.97. The molecule has 1 fully saturated rings. The number of fused-ring (bicyclic) bond motifs is 1. The van der Waals surface area contributed by atoms with Crippen molar-refractivity contribution in [2.75, 3.05) is 18.4 Å². The van der Waals surface area contributed by atoms with E-state index in [0.29, 0.717) is 46.3 Å². The molecule has 1 aliphatic rings. The summed E-state index contributed by atoms with van der Waals surface area (Å²) in [4.78, 5) is 18.0. The van der Waals surface area contributed by atoms with Gasteiger partial charge in [0, 0.05) is 30.6 Å². The Balaban J connectivity index is 1.48. The number of piperidine rings is 1. The number of benzene rings is 1. The van der Waals surface area contributed by atoms with Crippen LogP contribution >= 0.6 is 11.3 Å². The molecule has 0 spiro atoms. The van der Waals surface area contributed by atoms with Gasteiger partial charge in [-0.3, -0.25) is 4.79 Å². The van der Waals surface area contributed by atoms with E-state index in [2.05, 4.69) is 10.3 Å². The molecule has 148 valence electrons. The predicted octanol–water partition coefficient (Wildman–Crippen LogP) is 3.55. The van der Waals surface area contributed by atoms with E-state index in [9.17, 15) is 13.2 Å². The van der Waals surface area contributed by atoms with Crippen molar-refractivity contribution in [2.45, 2.75) is 30.9 Å². The van der Waals surface area contributed by atoms with Gasteiger partial charge >= 0.3 is 0 Å². The number of aryl methyl sites for hydroxylation is 2. The number of carbonyl (C=O) groups excluding carboxylic acids is 1. The largest absolute Gasteiger partial charge is 0.441 e. The van der Waals surface area contributed by atoms with Gasteiger partial charge in [0.05, 0.1) is 5.92 Å². The van der Waals surface area contributed by atoms with E-state index in [4.69, 9.17) is 4.42 Å². The molecule has 7 nitrogen and oxygen atoms in total. The molecular weight excluding hydrogens is 398 g/mol. The second kappa shape index (κ2) is 7.31. The Morgan fingerprint density at radius 1 is 1.29 bits per heavy atom. The number of oxazole rings is 1. The van der Waals surface area contributed by atoms with Crippen molar-refractivity contribution in [1.82, 2.24) is 9.29 Å². The summed E-state index contributed by atoms with van der Waals surface area (Å²) < 4.78 is 32.9. The van der Waals surface area contributed by atoms with Crippen LogP contribution in [0.15, 0.2) is 39.0 Å². The summed E-state index contributed by atoms with van der Waals surface area (Å²) in [5.41, 5.74) is 1.97. The molecule has 1 saturated heterocycles. The lowest BCUT2D eigenvalue weighted by molar-refractivity contribution is -0.120. The van der Waals surface area contributed by atoms with Gasteiger partial charge in [-0.25, -0.2) is 13.4 Å². The lowest BCUT2D eigenvalue weighted by Crippen LogP contribution is -2.43. The maximum atomic E-state index is 12.9. The molecular formula is C19H21N3O4S2. The zero-order chi connectivity index (χ0) is 19.9. The minimum Gasteiger partial charge on any atom is -0.441 e. The highest BCUT2D eigenvalue weighted by Gasteiger charge is 2.34. The van der Waals surface area contributed by atoms with Gasteiger partial charge in [-0.05, 0) is 50.1 Å². The van der Waals surface area contributed by atoms with Crippen molar-refractivity contribution >= 4 is 44.1 Å². The summed E-state index contributed by atoms with van der Waals surface area (Å²) in [6.45, 7) is 4.28. The Hall–Kier alpha value is -2.23. The summed E-state index contributed by atoms with van der Waals surface area (Å²) in [5.74, 6) is -0.00317. The van der Waals surface area contributed by atoms with E-state index in [-0.39, 0.29) is 18.4 Å². The summed E-state index contributed by atoms with van der Waals surface area (Å²) in [7, 11) is -3.56. The van der Waals surface area contributed by atoms with E-state index in [1.807, 2.05) is 6.92 Å². The van der Waals surface area contributed by atoms with Gasteiger partial charge < -0.3 is 9.73 Å². The molecule has 1 aromatic carbocycles. The molecule has 3 heterocycles. The highest BCUT2D eigenvalue weighted by molar-refractivity contribution is 7.91. The fourth-order valence-corrected chi connectivity index (χ4v) is 6.38. The van der Waals surface area contributed by atoms with Gasteiger partial charge in [0.25, 0.3) is 10.0 Å². The summed E-state index contributed by atoms with van der Waals surface area (Å²) in [5, 5.41) is 2.89. The Morgan fingerprint density at radius 3 is 2.86 bits per heavy atom. The van der Waals surface area contributed by atoms with Crippen LogP contribution in [0.4, 0.5) is 5.69 Å². The van der Waals surface area contributed by atoms with Crippen molar-refractivity contribution in [3.8, 4) is 0 Å². The van der Waals surface area contributed by atoms with Crippen LogP contribution in [0.3, 0.4) is 0 Å². The average molecular weight is 420 g/mol. The molecule has 1 N–H and O–H groups in total. The smallest absolute Gasteiger partial charge is 0.252 e. The van der Waals surface area contributed by atoms with Gasteiger partial charge in [0.15, 0.2) is 11.5 Å². The van der Waals surface area contributed by atoms with E-state index in [1.165, 1.54) is 15.6 Å². The summed E-state index contributed by atoms with van der Waals surface area (Å²) in [6, 6.07) is 8.72. The number of anilines is 1. The van der Waals surface area contributed by atoms with E-state index in [0.717, 1.165) is 4.88 Å². The van der Waals surface area contributed by atoms with Crippen molar-refractivity contribution < 1.29 is 17.6 Å². The van der Waals surface area contributed by atoms with Crippen molar-refractivity contribution in [3.63, 3.8) is 0 Å². The highest BCUT2D eigenvalue weighted by atomic mass is 32.2. The maximum absolute atomic E-state index is 12.9. The number of sulfonamides is 1. The van der Waals surface area contributed by atoms with Crippen LogP contribution in [-0.2, 0) is 14.8 Å². The standard InChI is InChI=1S/C19H21N3O4S2/c1-12-5-8-18(27-12)28(24,25)22-9-3-4-14(11-22)19(23)21-15-6-7-17-16(10-15)20-13(2)26-17/h5-8,10,14H,3-4,9,11H2,1-2H3,(H,21,23)/t14-/m1/s1. The first-order valence-electron chi connectivity index (χ1n) is 9.07. The lowest BCUT2D eigenvalue weighted by atomic mass is 9.98. The quantitative estimate of drug-likeness (QED) is 0.698. The number of aromatic nitrogens is 1. The van der Waals surface area contributed by atoms with Crippen LogP contribution in [0.1, 0.15) is 23.6 Å². The van der Waals surface area contributed by atoms with Gasteiger partial charge in [-0.2, -0.15) is 4.31 Å². The van der Waals surface area contributed by atoms with Gasteiger partial charge in [-0.15, -0.1) is 11.3 Å². The van der Waals surface area contributed by atoms with Gasteiger partial charge in [0.1, 0.15) is 9.73 Å². The zero-order valence-electron chi connectivity index (χ0n) is 15.6. The van der Waals surface area contributed by atoms with Crippen LogP contribution in [0.25, 0.3) is 11.1 Å². The van der Waals surface area contributed by atoms with Crippen LogP contribution in [0.5, 0.6) is 0 Å². The third-order valence-corrected chi connectivity index (χ3v) is 8.16. The number of hydrogen-bond acceptors (Lipinski definition) is 6. The average Bonchev–Trinajstić information content (AvgIpc) is 3.26. The van der Waals surface area contributed by atoms with Gasteiger partial charge in [-0.1, -0.05) is 0 Å². The highest BCUT2D eigenvalue weighted by Crippen LogP contribution is 2.29. The first kappa shape index (κ1) is 19.1. The second-order valence-corrected chi connectivity index (χ2v) is 10.4. The molecule has 28 heavy (non-hydrogen) atoms. The molecule has 1 atom stereocenters. The third-order valence-electron chi connectivity index (χ3n) is 4.83. The number of nitrogens with one attached hydrogen (secondary N) is 1. The van der Waals surface area contributed by atoms with Crippen LogP contribution in [0.2, 0.25) is 0 Å². The molecule has 9 heteroatoms. The first-order chi connectivity index (χ1) is 13.3. The minimum absolute atomic E-state index is 0.179. The first-order valence-corrected chi connectivity index (χ1v) is 11.3. The summed E-state index contributed by atoms with van der Waals surface area (Å²) in [6.07, 6.45) is 1.32. The van der Waals surface area contributed by atoms with Crippen LogP contribution < -0.4 is 5.32 Å². The molecule has 0 bridgehead atoms. The monoisotopic (exact) mass is 419 g/mol.